The number of piperidine rings is 1. The maximum Gasteiger partial charge on any atom is 0.416 e. The summed E-state index contributed by atoms with van der Waals surface area (Å²) in [5, 5.41) is 0. The lowest BCUT2D eigenvalue weighted by atomic mass is 9.93. The molecule has 3 aromatic rings. The van der Waals surface area contributed by atoms with Gasteiger partial charge in [-0.15, -0.1) is 0 Å². The molecule has 0 bridgehead atoms. The molecular formula is C30H33F3N2O2. The normalized spacial score (nSPS) is 14.7. The predicted molar refractivity (Wildman–Crippen MR) is 138 cm³/mol. The summed E-state index contributed by atoms with van der Waals surface area (Å²) >= 11 is 0. The van der Waals surface area contributed by atoms with Gasteiger partial charge >= 0.3 is 12.3 Å². The molecule has 37 heavy (non-hydrogen) atoms. The van der Waals surface area contributed by atoms with Crippen LogP contribution in [0.4, 0.5) is 18.0 Å². The van der Waals surface area contributed by atoms with Crippen LogP contribution in [0.5, 0.6) is 5.75 Å². The van der Waals surface area contributed by atoms with Crippen LogP contribution in [0.2, 0.25) is 0 Å². The molecular weight excluding hydrogens is 477 g/mol. The fourth-order valence-electron chi connectivity index (χ4n) is 4.67. The van der Waals surface area contributed by atoms with Gasteiger partial charge in [-0.3, -0.25) is 0 Å². The monoisotopic (exact) mass is 510 g/mol. The second-order valence-electron chi connectivity index (χ2n) is 9.83. The van der Waals surface area contributed by atoms with Crippen LogP contribution in [-0.4, -0.2) is 42.6 Å². The first-order valence-corrected chi connectivity index (χ1v) is 12.7. The van der Waals surface area contributed by atoms with Gasteiger partial charge in [0.2, 0.25) is 0 Å². The van der Waals surface area contributed by atoms with Crippen molar-refractivity contribution >= 4 is 6.09 Å². The third-order valence-electron chi connectivity index (χ3n) is 6.91. The van der Waals surface area contributed by atoms with Crippen LogP contribution >= 0.6 is 0 Å². The van der Waals surface area contributed by atoms with Crippen LogP contribution in [-0.2, 0) is 19.1 Å². The van der Waals surface area contributed by atoms with Crippen molar-refractivity contribution in [3.63, 3.8) is 0 Å². The molecule has 0 spiro atoms. The summed E-state index contributed by atoms with van der Waals surface area (Å²) in [6.45, 7) is 3.35. The van der Waals surface area contributed by atoms with Crippen molar-refractivity contribution < 1.29 is 22.7 Å². The highest BCUT2D eigenvalue weighted by Gasteiger charge is 2.30. The topological polar surface area (TPSA) is 32.8 Å². The largest absolute Gasteiger partial charge is 0.416 e. The molecule has 0 saturated carbocycles. The van der Waals surface area contributed by atoms with Crippen molar-refractivity contribution in [3.8, 4) is 5.75 Å². The van der Waals surface area contributed by atoms with E-state index in [1.54, 1.807) is 17.0 Å². The summed E-state index contributed by atoms with van der Waals surface area (Å²) in [6.07, 6.45) is -1.11. The third-order valence-corrected chi connectivity index (χ3v) is 6.91. The van der Waals surface area contributed by atoms with Crippen LogP contribution in [0, 0.1) is 5.92 Å². The number of hydrogen-bond acceptors (Lipinski definition) is 3. The Bertz CT molecular complexity index is 1120. The molecule has 1 saturated heterocycles. The molecule has 1 aliphatic heterocycles. The fourth-order valence-corrected chi connectivity index (χ4v) is 4.67. The van der Waals surface area contributed by atoms with Gasteiger partial charge in [0.25, 0.3) is 0 Å². The number of hydrogen-bond donors (Lipinski definition) is 0. The maximum absolute atomic E-state index is 12.7. The summed E-state index contributed by atoms with van der Waals surface area (Å²) in [5.41, 5.74) is 2.37. The highest BCUT2D eigenvalue weighted by Crippen LogP contribution is 2.29. The number of nitrogens with zero attached hydrogens (tertiary/aromatic N) is 2. The predicted octanol–water partition coefficient (Wildman–Crippen LogP) is 7.03. The minimum Gasteiger partial charge on any atom is -0.410 e. The zero-order valence-electron chi connectivity index (χ0n) is 21.1. The molecule has 0 atom stereocenters. The zero-order valence-corrected chi connectivity index (χ0v) is 21.1. The second kappa shape index (κ2) is 12.3. The molecule has 0 unspecified atom stereocenters. The lowest BCUT2D eigenvalue weighted by molar-refractivity contribution is -0.137. The van der Waals surface area contributed by atoms with Crippen molar-refractivity contribution in [3.05, 3.63) is 101 Å². The van der Waals surface area contributed by atoms with Gasteiger partial charge in [-0.1, -0.05) is 54.6 Å². The van der Waals surface area contributed by atoms with Gasteiger partial charge in [0.05, 0.1) is 5.56 Å². The molecule has 0 N–H and O–H groups in total. The first kappa shape index (κ1) is 26.7. The maximum atomic E-state index is 12.7. The lowest BCUT2D eigenvalue weighted by Crippen LogP contribution is -2.40. The molecule has 4 nitrogen and oxygen atoms in total. The molecule has 3 aromatic carbocycles. The average Bonchev–Trinajstić information content (AvgIpc) is 2.89. The van der Waals surface area contributed by atoms with Crippen molar-refractivity contribution in [2.75, 3.05) is 26.7 Å². The first-order valence-electron chi connectivity index (χ1n) is 12.7. The minimum atomic E-state index is -4.33. The minimum absolute atomic E-state index is 0.338. The quantitative estimate of drug-likeness (QED) is 0.326. The number of amides is 1. The summed E-state index contributed by atoms with van der Waals surface area (Å²) in [7, 11) is 2.15. The van der Waals surface area contributed by atoms with E-state index in [4.69, 9.17) is 4.74 Å². The van der Waals surface area contributed by atoms with E-state index in [-0.39, 0.29) is 6.09 Å². The van der Waals surface area contributed by atoms with E-state index in [0.29, 0.717) is 31.2 Å². The molecule has 1 fully saturated rings. The Balaban J connectivity index is 1.18. The SMILES string of the molecule is CN(CCC1CCN(C(=O)Oc2ccc(Cc3ccc(C(F)(F)F)cc3)cc2)CC1)Cc1ccccc1. The zero-order chi connectivity index (χ0) is 26.3. The molecule has 1 aliphatic rings. The standard InChI is InChI=1S/C30H33F3N2O2/c1-34(22-26-5-3-2-4-6-26)18-15-23-16-19-35(20-17-23)29(36)37-28-13-9-25(10-14-28)21-24-7-11-27(12-8-24)30(31,32)33/h2-14,23H,15-22H2,1H3. The van der Waals surface area contributed by atoms with E-state index >= 15 is 0 Å². The number of ether oxygens (including phenoxy) is 1. The first-order chi connectivity index (χ1) is 17.8. The molecule has 196 valence electrons. The van der Waals surface area contributed by atoms with Crippen molar-refractivity contribution in [1.82, 2.24) is 9.80 Å². The van der Waals surface area contributed by atoms with Crippen LogP contribution in [0.3, 0.4) is 0 Å². The highest BCUT2D eigenvalue weighted by atomic mass is 19.4. The number of likely N-dealkylation sites (tertiary alicyclic amines) is 1. The Hall–Kier alpha value is -3.32. The molecule has 0 aromatic heterocycles. The van der Waals surface area contributed by atoms with Gasteiger partial charge in [-0.2, -0.15) is 13.2 Å². The second-order valence-corrected chi connectivity index (χ2v) is 9.83. The van der Waals surface area contributed by atoms with Crippen LogP contribution in [0.25, 0.3) is 0 Å². The van der Waals surface area contributed by atoms with Crippen molar-refractivity contribution in [2.24, 2.45) is 5.92 Å². The molecule has 0 radical (unpaired) electrons. The van der Waals surface area contributed by atoms with Gasteiger partial charge in [-0.05, 0) is 86.1 Å². The van der Waals surface area contributed by atoms with Crippen LogP contribution in [0.1, 0.15) is 41.5 Å². The molecule has 0 aliphatic carbocycles. The lowest BCUT2D eigenvalue weighted by Gasteiger charge is -2.32. The Morgan fingerprint density at radius 2 is 1.49 bits per heavy atom. The van der Waals surface area contributed by atoms with E-state index in [1.807, 2.05) is 18.2 Å². The van der Waals surface area contributed by atoms with Gasteiger partial charge < -0.3 is 14.5 Å². The molecule has 7 heteroatoms. The van der Waals surface area contributed by atoms with Crippen LogP contribution < -0.4 is 4.74 Å². The summed E-state index contributed by atoms with van der Waals surface area (Å²) in [4.78, 5) is 16.7. The van der Waals surface area contributed by atoms with E-state index < -0.39 is 11.7 Å². The molecule has 1 heterocycles. The summed E-state index contributed by atoms with van der Waals surface area (Å²) in [6, 6.07) is 22.7. The number of halogens is 3. The highest BCUT2D eigenvalue weighted by molar-refractivity contribution is 5.70. The summed E-state index contributed by atoms with van der Waals surface area (Å²) < 4.78 is 43.8. The number of carbonyl (C=O) groups excluding carboxylic acids is 1. The van der Waals surface area contributed by atoms with Gasteiger partial charge in [0.1, 0.15) is 5.75 Å². The van der Waals surface area contributed by atoms with Crippen molar-refractivity contribution in [1.29, 1.82) is 0 Å². The Morgan fingerprint density at radius 1 is 0.892 bits per heavy atom. The molecule has 1 amide bonds. The molecule has 4 rings (SSSR count). The number of rotatable bonds is 8. The Morgan fingerprint density at radius 3 is 2.08 bits per heavy atom. The number of carbonyl (C=O) groups is 1. The Labute approximate surface area is 216 Å². The van der Waals surface area contributed by atoms with Crippen LogP contribution in [0.15, 0.2) is 78.9 Å². The smallest absolute Gasteiger partial charge is 0.410 e. The van der Waals surface area contributed by atoms with Crippen molar-refractivity contribution in [2.45, 2.75) is 38.4 Å². The van der Waals surface area contributed by atoms with Gasteiger partial charge in [0, 0.05) is 19.6 Å². The van der Waals surface area contributed by atoms with E-state index in [2.05, 4.69) is 36.2 Å². The number of alkyl halides is 3. The summed E-state index contributed by atoms with van der Waals surface area (Å²) in [5.74, 6) is 1.07. The average molecular weight is 511 g/mol. The fraction of sp³-hybridized carbons (Fsp3) is 0.367. The third kappa shape index (κ3) is 8.09. The number of benzene rings is 3. The van der Waals surface area contributed by atoms with E-state index in [9.17, 15) is 18.0 Å². The Kier molecular flexibility index (Phi) is 8.87. The van der Waals surface area contributed by atoms with E-state index in [0.717, 1.165) is 55.6 Å². The van der Waals surface area contributed by atoms with Gasteiger partial charge in [0.15, 0.2) is 0 Å². The van der Waals surface area contributed by atoms with E-state index in [1.165, 1.54) is 17.7 Å². The van der Waals surface area contributed by atoms with Gasteiger partial charge in [-0.25, -0.2) is 4.79 Å².